The molecule has 14 heavy (non-hydrogen) atoms. The molecule has 0 aromatic carbocycles. The summed E-state index contributed by atoms with van der Waals surface area (Å²) >= 11 is 1.61. The van der Waals surface area contributed by atoms with E-state index in [1.807, 2.05) is 0 Å². The second-order valence-corrected chi connectivity index (χ2v) is 4.49. The molecule has 0 fully saturated rings. The van der Waals surface area contributed by atoms with E-state index in [1.165, 1.54) is 6.20 Å². The van der Waals surface area contributed by atoms with E-state index in [9.17, 15) is 0 Å². The summed E-state index contributed by atoms with van der Waals surface area (Å²) in [4.78, 5) is 8.12. The van der Waals surface area contributed by atoms with Gasteiger partial charge in [0, 0.05) is 5.25 Å². The molecule has 0 unspecified atom stereocenters. The molecule has 1 aromatic heterocycles. The van der Waals surface area contributed by atoms with Gasteiger partial charge < -0.3 is 10.9 Å². The van der Waals surface area contributed by atoms with Crippen molar-refractivity contribution in [3.63, 3.8) is 0 Å². The average Bonchev–Trinajstić information content (AvgIpc) is 2.17. The summed E-state index contributed by atoms with van der Waals surface area (Å²) in [7, 11) is 0. The lowest BCUT2D eigenvalue weighted by atomic mass is 10.4. The smallest absolute Gasteiger partial charge is 0.190 e. The number of amidine groups is 1. The maximum atomic E-state index is 8.39. The van der Waals surface area contributed by atoms with Gasteiger partial charge in [0.25, 0.3) is 0 Å². The molecule has 3 N–H and O–H groups in total. The van der Waals surface area contributed by atoms with Gasteiger partial charge in [0.2, 0.25) is 0 Å². The summed E-state index contributed by atoms with van der Waals surface area (Å²) in [6.07, 6.45) is 3.10. The van der Waals surface area contributed by atoms with E-state index in [-0.39, 0.29) is 5.84 Å². The molecule has 0 aliphatic heterocycles. The number of aromatic nitrogens is 2. The van der Waals surface area contributed by atoms with Crippen LogP contribution in [0.4, 0.5) is 0 Å². The summed E-state index contributed by atoms with van der Waals surface area (Å²) in [5.41, 5.74) is 5.71. The molecule has 1 rings (SSSR count). The van der Waals surface area contributed by atoms with Gasteiger partial charge in [-0.25, -0.2) is 9.97 Å². The van der Waals surface area contributed by atoms with Crippen molar-refractivity contribution in [2.24, 2.45) is 10.9 Å². The Morgan fingerprint density at radius 1 is 1.50 bits per heavy atom. The number of hydrogen-bond donors (Lipinski definition) is 2. The molecular formula is C8H12N4OS. The van der Waals surface area contributed by atoms with Gasteiger partial charge in [0.1, 0.15) is 10.7 Å². The molecule has 6 heteroatoms. The summed E-state index contributed by atoms with van der Waals surface area (Å²) < 4.78 is 0. The van der Waals surface area contributed by atoms with Crippen molar-refractivity contribution in [2.75, 3.05) is 0 Å². The molecule has 0 saturated carbocycles. The molecule has 0 spiro atoms. The van der Waals surface area contributed by atoms with Crippen molar-refractivity contribution < 1.29 is 5.21 Å². The second kappa shape index (κ2) is 4.80. The SMILES string of the molecule is CC(C)Sc1cnc(C(N)=NO)cn1. The van der Waals surface area contributed by atoms with Crippen LogP contribution in [0, 0.1) is 0 Å². The molecule has 0 saturated heterocycles. The predicted molar refractivity (Wildman–Crippen MR) is 55.5 cm³/mol. The zero-order valence-corrected chi connectivity index (χ0v) is 8.82. The maximum Gasteiger partial charge on any atom is 0.190 e. The zero-order valence-electron chi connectivity index (χ0n) is 8.01. The van der Waals surface area contributed by atoms with Gasteiger partial charge in [-0.15, -0.1) is 11.8 Å². The third-order valence-electron chi connectivity index (χ3n) is 1.35. The molecular weight excluding hydrogens is 200 g/mol. The lowest BCUT2D eigenvalue weighted by Gasteiger charge is -2.03. The Bertz CT molecular complexity index is 323. The van der Waals surface area contributed by atoms with Crippen molar-refractivity contribution in [1.29, 1.82) is 0 Å². The minimum Gasteiger partial charge on any atom is -0.409 e. The highest BCUT2D eigenvalue weighted by Crippen LogP contribution is 2.18. The third-order valence-corrected chi connectivity index (χ3v) is 2.28. The molecule has 76 valence electrons. The van der Waals surface area contributed by atoms with Gasteiger partial charge >= 0.3 is 0 Å². The topological polar surface area (TPSA) is 84.4 Å². The molecule has 0 bridgehead atoms. The molecule has 0 aliphatic carbocycles. The van der Waals surface area contributed by atoms with E-state index < -0.39 is 0 Å². The predicted octanol–water partition coefficient (Wildman–Crippen LogP) is 1.07. The Hall–Kier alpha value is -1.30. The Balaban J connectivity index is 2.78. The van der Waals surface area contributed by atoms with Gasteiger partial charge in [0.15, 0.2) is 5.84 Å². The van der Waals surface area contributed by atoms with Crippen molar-refractivity contribution >= 4 is 17.6 Å². The summed E-state index contributed by atoms with van der Waals surface area (Å²) in [6, 6.07) is 0. The minimum atomic E-state index is -0.0291. The molecule has 5 nitrogen and oxygen atoms in total. The maximum absolute atomic E-state index is 8.39. The highest BCUT2D eigenvalue weighted by molar-refractivity contribution is 7.99. The van der Waals surface area contributed by atoms with Gasteiger partial charge in [-0.1, -0.05) is 19.0 Å². The fraction of sp³-hybridized carbons (Fsp3) is 0.375. The second-order valence-electron chi connectivity index (χ2n) is 2.89. The van der Waals surface area contributed by atoms with Gasteiger partial charge in [-0.05, 0) is 0 Å². The number of hydrogen-bond acceptors (Lipinski definition) is 5. The molecule has 0 radical (unpaired) electrons. The Morgan fingerprint density at radius 3 is 2.64 bits per heavy atom. The number of oxime groups is 1. The average molecular weight is 212 g/mol. The van der Waals surface area contributed by atoms with E-state index in [0.717, 1.165) is 5.03 Å². The molecule has 1 aromatic rings. The van der Waals surface area contributed by atoms with Crippen LogP contribution >= 0.6 is 11.8 Å². The molecule has 0 amide bonds. The van der Waals surface area contributed by atoms with E-state index in [4.69, 9.17) is 10.9 Å². The Kier molecular flexibility index (Phi) is 3.70. The van der Waals surface area contributed by atoms with Crippen LogP contribution < -0.4 is 5.73 Å². The van der Waals surface area contributed by atoms with Gasteiger partial charge in [0.05, 0.1) is 12.4 Å². The van der Waals surface area contributed by atoms with E-state index in [0.29, 0.717) is 10.9 Å². The number of rotatable bonds is 3. The van der Waals surface area contributed by atoms with Crippen LogP contribution in [0.15, 0.2) is 22.6 Å². The van der Waals surface area contributed by atoms with Crippen molar-refractivity contribution in [3.05, 3.63) is 18.1 Å². The largest absolute Gasteiger partial charge is 0.409 e. The lowest BCUT2D eigenvalue weighted by molar-refractivity contribution is 0.318. The normalized spacial score (nSPS) is 12.1. The van der Waals surface area contributed by atoms with Crippen LogP contribution in [0.1, 0.15) is 19.5 Å². The molecule has 0 atom stereocenters. The van der Waals surface area contributed by atoms with Crippen LogP contribution in [0.25, 0.3) is 0 Å². The first-order chi connectivity index (χ1) is 6.63. The first kappa shape index (κ1) is 10.8. The van der Waals surface area contributed by atoms with Crippen molar-refractivity contribution in [3.8, 4) is 0 Å². The van der Waals surface area contributed by atoms with E-state index in [2.05, 4.69) is 29.0 Å². The standard InChI is InChI=1S/C8H12N4OS/c1-5(2)14-7-4-10-6(3-11-7)8(9)12-13/h3-5,13H,1-2H3,(H2,9,12). The van der Waals surface area contributed by atoms with Crippen LogP contribution in [0.3, 0.4) is 0 Å². The minimum absolute atomic E-state index is 0.0291. The first-order valence-corrected chi connectivity index (χ1v) is 4.98. The highest BCUT2D eigenvalue weighted by Gasteiger charge is 2.03. The number of nitrogens with two attached hydrogens (primary N) is 1. The van der Waals surface area contributed by atoms with Crippen molar-refractivity contribution in [1.82, 2.24) is 9.97 Å². The van der Waals surface area contributed by atoms with Gasteiger partial charge in [-0.2, -0.15) is 0 Å². The fourth-order valence-corrected chi connectivity index (χ4v) is 1.51. The molecule has 1 heterocycles. The monoisotopic (exact) mass is 212 g/mol. The fourth-order valence-electron chi connectivity index (χ4n) is 0.802. The summed E-state index contributed by atoms with van der Waals surface area (Å²) in [5, 5.41) is 12.5. The Labute approximate surface area is 86.4 Å². The van der Waals surface area contributed by atoms with Crippen LogP contribution in [0.2, 0.25) is 0 Å². The van der Waals surface area contributed by atoms with Crippen LogP contribution in [-0.2, 0) is 0 Å². The van der Waals surface area contributed by atoms with Crippen molar-refractivity contribution in [2.45, 2.75) is 24.1 Å². The van der Waals surface area contributed by atoms with Crippen LogP contribution in [0.5, 0.6) is 0 Å². The highest BCUT2D eigenvalue weighted by atomic mass is 32.2. The summed E-state index contributed by atoms with van der Waals surface area (Å²) in [5.74, 6) is -0.0291. The summed E-state index contributed by atoms with van der Waals surface area (Å²) in [6.45, 7) is 4.15. The third kappa shape index (κ3) is 2.88. The Morgan fingerprint density at radius 2 is 2.21 bits per heavy atom. The van der Waals surface area contributed by atoms with E-state index in [1.54, 1.807) is 18.0 Å². The van der Waals surface area contributed by atoms with E-state index >= 15 is 0 Å². The zero-order chi connectivity index (χ0) is 10.6. The quantitative estimate of drug-likeness (QED) is 0.257. The van der Waals surface area contributed by atoms with Crippen LogP contribution in [-0.4, -0.2) is 26.3 Å². The first-order valence-electron chi connectivity index (χ1n) is 4.10. The van der Waals surface area contributed by atoms with Gasteiger partial charge in [-0.3, -0.25) is 0 Å². The molecule has 0 aliphatic rings. The number of nitrogens with zero attached hydrogens (tertiary/aromatic N) is 3. The number of thioether (sulfide) groups is 1. The lowest BCUT2D eigenvalue weighted by Crippen LogP contribution is -2.15.